The van der Waals surface area contributed by atoms with E-state index in [1.165, 1.54) is 11.3 Å². The van der Waals surface area contributed by atoms with Crippen molar-refractivity contribution in [3.05, 3.63) is 145 Å². The maximum absolute atomic E-state index is 2.37. The molecule has 2 heteroatoms. The average molecular weight is 455 g/mol. The fraction of sp³-hybridized carbons (Fsp3) is 0.0909. The summed E-state index contributed by atoms with van der Waals surface area (Å²) in [5, 5.41) is 0. The van der Waals surface area contributed by atoms with E-state index in [9.17, 15) is 0 Å². The highest BCUT2D eigenvalue weighted by atomic mass is 15.2. The van der Waals surface area contributed by atoms with Crippen LogP contribution in [-0.4, -0.2) is 0 Å². The molecule has 0 saturated carbocycles. The van der Waals surface area contributed by atoms with Crippen LogP contribution >= 0.6 is 0 Å². The van der Waals surface area contributed by atoms with Crippen LogP contribution in [0.1, 0.15) is 18.9 Å². The lowest BCUT2D eigenvalue weighted by Gasteiger charge is -2.30. The Labute approximate surface area is 208 Å². The number of anilines is 6. The summed E-state index contributed by atoms with van der Waals surface area (Å²) in [6, 6.07) is 49.3. The molecule has 0 fully saturated rings. The SMILES string of the molecule is CCCc1cc(N(c2ccccc2)c2ccccc2)ccc1N(c1ccccc1)c1ccccc1. The van der Waals surface area contributed by atoms with Gasteiger partial charge in [-0.1, -0.05) is 86.1 Å². The Morgan fingerprint density at radius 2 is 0.829 bits per heavy atom. The quantitative estimate of drug-likeness (QED) is 0.230. The van der Waals surface area contributed by atoms with Crippen LogP contribution in [0.3, 0.4) is 0 Å². The second-order valence-electron chi connectivity index (χ2n) is 8.58. The van der Waals surface area contributed by atoms with Gasteiger partial charge in [0.1, 0.15) is 0 Å². The second-order valence-corrected chi connectivity index (χ2v) is 8.58. The number of nitrogens with zero attached hydrogens (tertiary/aromatic N) is 2. The lowest BCUT2D eigenvalue weighted by atomic mass is 10.0. The van der Waals surface area contributed by atoms with Crippen LogP contribution in [0.15, 0.2) is 140 Å². The second kappa shape index (κ2) is 10.8. The standard InChI is InChI=1S/C33H30N2/c1-2-15-27-26-32(34(28-16-7-3-8-17-28)29-18-9-4-10-19-29)24-25-33(27)35(30-20-11-5-12-21-30)31-22-13-6-14-23-31/h3-14,16-26H,2,15H2,1H3. The smallest absolute Gasteiger partial charge is 0.0495 e. The van der Waals surface area contributed by atoms with Gasteiger partial charge in [-0.25, -0.2) is 0 Å². The van der Waals surface area contributed by atoms with Crippen molar-refractivity contribution < 1.29 is 0 Å². The molecule has 0 spiro atoms. The molecule has 0 aliphatic rings. The molecule has 0 bridgehead atoms. The van der Waals surface area contributed by atoms with E-state index in [0.717, 1.165) is 41.3 Å². The number of hydrogen-bond donors (Lipinski definition) is 0. The van der Waals surface area contributed by atoms with Crippen LogP contribution in [0.2, 0.25) is 0 Å². The summed E-state index contributed by atoms with van der Waals surface area (Å²) < 4.78 is 0. The predicted molar refractivity (Wildman–Crippen MR) is 150 cm³/mol. The van der Waals surface area contributed by atoms with E-state index in [1.54, 1.807) is 0 Å². The molecule has 0 radical (unpaired) electrons. The summed E-state index contributed by atoms with van der Waals surface area (Å²) in [5.41, 5.74) is 8.33. The Morgan fingerprint density at radius 3 is 1.23 bits per heavy atom. The van der Waals surface area contributed by atoms with Crippen molar-refractivity contribution in [3.63, 3.8) is 0 Å². The minimum Gasteiger partial charge on any atom is -0.310 e. The van der Waals surface area contributed by atoms with Gasteiger partial charge in [0, 0.05) is 34.1 Å². The predicted octanol–water partition coefficient (Wildman–Crippen LogP) is 9.58. The molecule has 0 heterocycles. The minimum atomic E-state index is 0.997. The molecule has 0 N–H and O–H groups in total. The summed E-state index contributed by atoms with van der Waals surface area (Å²) >= 11 is 0. The average Bonchev–Trinajstić information content (AvgIpc) is 2.93. The van der Waals surface area contributed by atoms with Crippen LogP contribution in [0.4, 0.5) is 34.1 Å². The monoisotopic (exact) mass is 454 g/mol. The van der Waals surface area contributed by atoms with Crippen molar-refractivity contribution >= 4 is 34.1 Å². The largest absolute Gasteiger partial charge is 0.310 e. The van der Waals surface area contributed by atoms with E-state index >= 15 is 0 Å². The molecule has 0 saturated heterocycles. The van der Waals surface area contributed by atoms with E-state index in [4.69, 9.17) is 0 Å². The lowest BCUT2D eigenvalue weighted by Crippen LogP contribution is -2.14. The Kier molecular flexibility index (Phi) is 6.91. The Morgan fingerprint density at radius 1 is 0.429 bits per heavy atom. The highest BCUT2D eigenvalue weighted by molar-refractivity contribution is 5.83. The first kappa shape index (κ1) is 22.5. The Hall–Kier alpha value is -4.30. The molecule has 5 rings (SSSR count). The first-order valence-electron chi connectivity index (χ1n) is 12.3. The van der Waals surface area contributed by atoms with E-state index in [1.807, 2.05) is 0 Å². The van der Waals surface area contributed by atoms with Gasteiger partial charge in [0.05, 0.1) is 0 Å². The lowest BCUT2D eigenvalue weighted by molar-refractivity contribution is 0.918. The molecule has 5 aromatic carbocycles. The summed E-state index contributed by atoms with van der Waals surface area (Å²) in [4.78, 5) is 4.70. The highest BCUT2D eigenvalue weighted by Crippen LogP contribution is 2.41. The van der Waals surface area contributed by atoms with Crippen molar-refractivity contribution in [2.45, 2.75) is 19.8 Å². The van der Waals surface area contributed by atoms with E-state index in [2.05, 4.69) is 156 Å². The molecule has 0 aliphatic carbocycles. The van der Waals surface area contributed by atoms with E-state index in [0.29, 0.717) is 0 Å². The molecule has 0 atom stereocenters. The van der Waals surface area contributed by atoms with Gasteiger partial charge in [-0.15, -0.1) is 0 Å². The zero-order valence-corrected chi connectivity index (χ0v) is 20.1. The number of benzene rings is 5. The van der Waals surface area contributed by atoms with E-state index < -0.39 is 0 Å². The first-order valence-corrected chi connectivity index (χ1v) is 12.3. The summed E-state index contributed by atoms with van der Waals surface area (Å²) in [7, 11) is 0. The van der Waals surface area contributed by atoms with Crippen LogP contribution in [0.5, 0.6) is 0 Å². The highest BCUT2D eigenvalue weighted by Gasteiger charge is 2.19. The minimum absolute atomic E-state index is 0.997. The third-order valence-electron chi connectivity index (χ3n) is 6.14. The van der Waals surface area contributed by atoms with Crippen molar-refractivity contribution in [1.29, 1.82) is 0 Å². The van der Waals surface area contributed by atoms with E-state index in [-0.39, 0.29) is 0 Å². The third-order valence-corrected chi connectivity index (χ3v) is 6.14. The summed E-state index contributed by atoms with van der Waals surface area (Å²) in [6.45, 7) is 2.25. The Balaban J connectivity index is 1.66. The zero-order valence-electron chi connectivity index (χ0n) is 20.1. The maximum Gasteiger partial charge on any atom is 0.0495 e. The molecule has 0 aromatic heterocycles. The number of para-hydroxylation sites is 4. The molecule has 0 amide bonds. The fourth-order valence-electron chi connectivity index (χ4n) is 4.58. The van der Waals surface area contributed by atoms with Crippen molar-refractivity contribution in [2.75, 3.05) is 9.80 Å². The van der Waals surface area contributed by atoms with Gasteiger partial charge in [0.15, 0.2) is 0 Å². The molecular weight excluding hydrogens is 424 g/mol. The normalized spacial score (nSPS) is 10.7. The zero-order chi connectivity index (χ0) is 23.9. The molecule has 0 aliphatic heterocycles. The topological polar surface area (TPSA) is 6.48 Å². The van der Waals surface area contributed by atoms with Gasteiger partial charge in [-0.05, 0) is 78.7 Å². The molecule has 0 unspecified atom stereocenters. The van der Waals surface area contributed by atoms with Crippen molar-refractivity contribution in [2.24, 2.45) is 0 Å². The van der Waals surface area contributed by atoms with Gasteiger partial charge in [-0.2, -0.15) is 0 Å². The van der Waals surface area contributed by atoms with Crippen LogP contribution in [0.25, 0.3) is 0 Å². The summed E-state index contributed by atoms with van der Waals surface area (Å²) in [6.07, 6.45) is 2.07. The Bertz CT molecular complexity index is 1250. The maximum atomic E-state index is 2.37. The number of aryl methyl sites for hydroxylation is 1. The molecular formula is C33H30N2. The molecule has 5 aromatic rings. The fourth-order valence-corrected chi connectivity index (χ4v) is 4.58. The molecule has 2 nitrogen and oxygen atoms in total. The number of hydrogen-bond acceptors (Lipinski definition) is 2. The third kappa shape index (κ3) is 4.97. The van der Waals surface area contributed by atoms with Crippen LogP contribution in [0, 0.1) is 0 Å². The van der Waals surface area contributed by atoms with Gasteiger partial charge in [-0.3, -0.25) is 0 Å². The van der Waals surface area contributed by atoms with Gasteiger partial charge in [0.2, 0.25) is 0 Å². The number of rotatable bonds is 8. The van der Waals surface area contributed by atoms with Crippen LogP contribution < -0.4 is 9.80 Å². The van der Waals surface area contributed by atoms with Crippen LogP contribution in [-0.2, 0) is 6.42 Å². The molecule has 35 heavy (non-hydrogen) atoms. The van der Waals surface area contributed by atoms with Crippen molar-refractivity contribution in [1.82, 2.24) is 0 Å². The molecule has 172 valence electrons. The van der Waals surface area contributed by atoms with Gasteiger partial charge >= 0.3 is 0 Å². The van der Waals surface area contributed by atoms with Gasteiger partial charge < -0.3 is 9.80 Å². The van der Waals surface area contributed by atoms with Crippen molar-refractivity contribution in [3.8, 4) is 0 Å². The first-order chi connectivity index (χ1) is 17.3. The summed E-state index contributed by atoms with van der Waals surface area (Å²) in [5.74, 6) is 0. The van der Waals surface area contributed by atoms with Gasteiger partial charge in [0.25, 0.3) is 0 Å².